The number of aliphatic hydroxyl groups is 1. The van der Waals surface area contributed by atoms with Crippen molar-refractivity contribution in [1.82, 2.24) is 15.5 Å². The quantitative estimate of drug-likeness (QED) is 0.184. The normalized spacial score (nSPS) is 20.3. The van der Waals surface area contributed by atoms with Crippen LogP contribution >= 0.6 is 0 Å². The van der Waals surface area contributed by atoms with Crippen LogP contribution in [0.25, 0.3) is 11.1 Å². The van der Waals surface area contributed by atoms with Gasteiger partial charge >= 0.3 is 0 Å². The van der Waals surface area contributed by atoms with Gasteiger partial charge in [-0.2, -0.15) is 0 Å². The Bertz CT molecular complexity index is 1390. The van der Waals surface area contributed by atoms with Crippen LogP contribution in [0.4, 0.5) is 0 Å². The molecule has 8 nitrogen and oxygen atoms in total. The van der Waals surface area contributed by atoms with Gasteiger partial charge in [0.1, 0.15) is 0 Å². The summed E-state index contributed by atoms with van der Waals surface area (Å²) in [4.78, 5) is 26.0. The second-order valence-corrected chi connectivity index (χ2v) is 12.6. The predicted octanol–water partition coefficient (Wildman–Crippen LogP) is 6.19. The summed E-state index contributed by atoms with van der Waals surface area (Å²) in [6, 6.07) is 24.6. The van der Waals surface area contributed by atoms with Crippen LogP contribution in [-0.2, 0) is 32.2 Å². The Hall–Kier alpha value is -3.56. The molecule has 2 aliphatic heterocycles. The number of aliphatic hydroxyl groups excluding tert-OH is 1. The minimum Gasteiger partial charge on any atom is -0.392 e. The van der Waals surface area contributed by atoms with Gasteiger partial charge in [-0.3, -0.25) is 9.59 Å². The van der Waals surface area contributed by atoms with Crippen LogP contribution in [-0.4, -0.2) is 54.1 Å². The molecule has 2 amide bonds. The largest absolute Gasteiger partial charge is 0.392 e. The van der Waals surface area contributed by atoms with E-state index in [9.17, 15) is 14.7 Å². The molecule has 2 saturated heterocycles. The van der Waals surface area contributed by atoms with Gasteiger partial charge in [0.05, 0.1) is 18.8 Å². The first-order valence-corrected chi connectivity index (χ1v) is 16.9. The Morgan fingerprint density at radius 2 is 1.59 bits per heavy atom. The lowest BCUT2D eigenvalue weighted by Gasteiger charge is -2.39. The van der Waals surface area contributed by atoms with Crippen molar-refractivity contribution in [1.29, 1.82) is 0 Å². The van der Waals surface area contributed by atoms with E-state index in [1.165, 1.54) is 26.2 Å². The highest BCUT2D eigenvalue weighted by atomic mass is 16.7. The molecule has 0 aliphatic carbocycles. The summed E-state index contributed by atoms with van der Waals surface area (Å²) in [5.41, 5.74) is 6.19. The minimum atomic E-state index is -0.479. The van der Waals surface area contributed by atoms with Gasteiger partial charge in [0.2, 0.25) is 11.8 Å². The van der Waals surface area contributed by atoms with Gasteiger partial charge in [0.25, 0.3) is 0 Å². The molecule has 0 saturated carbocycles. The zero-order valence-electron chi connectivity index (χ0n) is 27.1. The number of likely N-dealkylation sites (tertiary alicyclic amines) is 1. The first-order valence-electron chi connectivity index (χ1n) is 16.9. The van der Waals surface area contributed by atoms with Gasteiger partial charge in [-0.15, -0.1) is 0 Å². The minimum absolute atomic E-state index is 0.0197. The molecule has 3 atom stereocenters. The molecule has 8 heteroatoms. The average Bonchev–Trinajstić information content (AvgIpc) is 3.09. The smallest absolute Gasteiger partial charge is 0.220 e. The van der Waals surface area contributed by atoms with Crippen molar-refractivity contribution in [3.8, 4) is 11.1 Å². The Morgan fingerprint density at radius 3 is 2.33 bits per heavy atom. The maximum absolute atomic E-state index is 12.5. The molecule has 0 radical (unpaired) electrons. The lowest BCUT2D eigenvalue weighted by molar-refractivity contribution is -0.253. The van der Waals surface area contributed by atoms with Gasteiger partial charge in [-0.1, -0.05) is 85.6 Å². The summed E-state index contributed by atoms with van der Waals surface area (Å²) >= 11 is 0. The van der Waals surface area contributed by atoms with Gasteiger partial charge in [0, 0.05) is 45.0 Å². The molecule has 0 bridgehead atoms. The molecule has 0 unspecified atom stereocenters. The Kier molecular flexibility index (Phi) is 12.8. The molecular weight excluding hydrogens is 578 g/mol. The molecule has 2 heterocycles. The number of benzene rings is 3. The Labute approximate surface area is 273 Å². The summed E-state index contributed by atoms with van der Waals surface area (Å²) in [6.07, 6.45) is 7.12. The molecule has 3 aromatic rings. The number of nitrogens with one attached hydrogen (secondary N) is 2. The summed E-state index contributed by atoms with van der Waals surface area (Å²) in [7, 11) is 0. The van der Waals surface area contributed by atoms with Crippen molar-refractivity contribution >= 4 is 11.8 Å². The van der Waals surface area contributed by atoms with Crippen LogP contribution < -0.4 is 10.6 Å². The highest BCUT2D eigenvalue weighted by Gasteiger charge is 2.33. The van der Waals surface area contributed by atoms with Crippen molar-refractivity contribution < 1.29 is 24.2 Å². The van der Waals surface area contributed by atoms with E-state index < -0.39 is 6.29 Å². The topological polar surface area (TPSA) is 100 Å². The van der Waals surface area contributed by atoms with Crippen molar-refractivity contribution in [3.05, 3.63) is 95.1 Å². The summed E-state index contributed by atoms with van der Waals surface area (Å²) in [5, 5.41) is 15.4. The van der Waals surface area contributed by atoms with Gasteiger partial charge < -0.3 is 30.1 Å². The molecule has 2 aliphatic rings. The number of amides is 2. The SMILES string of the molecule is CC(=O)NCCCCCC(=O)NCc1ccccc1-c1ccc([C@@H]2O[C@H](CN3CCCCC3)C[C@H](c3ccc(CO)cc3)O2)cc1. The third-order valence-corrected chi connectivity index (χ3v) is 8.97. The number of ether oxygens (including phenoxy) is 2. The maximum atomic E-state index is 12.5. The van der Waals surface area contributed by atoms with E-state index in [0.717, 1.165) is 78.7 Å². The van der Waals surface area contributed by atoms with Crippen molar-refractivity contribution in [3.63, 3.8) is 0 Å². The monoisotopic (exact) mass is 627 g/mol. The van der Waals surface area contributed by atoms with Crippen LogP contribution in [0.5, 0.6) is 0 Å². The number of unbranched alkanes of at least 4 members (excludes halogenated alkanes) is 2. The summed E-state index contributed by atoms with van der Waals surface area (Å²) < 4.78 is 13.2. The number of carbonyl (C=O) groups is 2. The van der Waals surface area contributed by atoms with E-state index in [4.69, 9.17) is 9.47 Å². The highest BCUT2D eigenvalue weighted by Crippen LogP contribution is 2.39. The third kappa shape index (κ3) is 9.97. The number of nitrogens with zero attached hydrogens (tertiary/aromatic N) is 1. The number of rotatable bonds is 14. The molecule has 46 heavy (non-hydrogen) atoms. The highest BCUT2D eigenvalue weighted by molar-refractivity contribution is 5.76. The second kappa shape index (κ2) is 17.4. The van der Waals surface area contributed by atoms with Crippen LogP contribution in [0.15, 0.2) is 72.8 Å². The van der Waals surface area contributed by atoms with Crippen LogP contribution in [0.1, 0.15) is 92.9 Å². The standard InChI is InChI=1S/C38H49N3O5/c1-28(43)39-21-7-2-4-12-37(44)40-25-33-10-5-6-11-35(33)30-17-19-32(20-18-30)38-45-34(26-41-22-8-3-9-23-41)24-36(46-38)31-15-13-29(27-42)14-16-31/h5-6,10-11,13-20,34,36,38,42H,2-4,7-9,12,21-27H2,1H3,(H,39,43)(H,40,44)/t34-,36+,38+/m0/s1. The van der Waals surface area contributed by atoms with E-state index in [2.05, 4.69) is 64.1 Å². The molecule has 3 aromatic carbocycles. The lowest BCUT2D eigenvalue weighted by atomic mass is 9.97. The summed E-state index contributed by atoms with van der Waals surface area (Å²) in [6.45, 7) is 5.80. The Morgan fingerprint density at radius 1 is 0.848 bits per heavy atom. The van der Waals surface area contributed by atoms with E-state index in [1.807, 2.05) is 24.3 Å². The number of carbonyl (C=O) groups excluding carboxylic acids is 2. The molecule has 0 aromatic heterocycles. The number of piperidine rings is 1. The predicted molar refractivity (Wildman–Crippen MR) is 180 cm³/mol. The molecule has 2 fully saturated rings. The molecule has 5 rings (SSSR count). The fraction of sp³-hybridized carbons (Fsp3) is 0.474. The first-order chi connectivity index (χ1) is 22.5. The van der Waals surface area contributed by atoms with Crippen molar-refractivity contribution in [2.24, 2.45) is 0 Å². The van der Waals surface area contributed by atoms with Crippen LogP contribution in [0.3, 0.4) is 0 Å². The summed E-state index contributed by atoms with van der Waals surface area (Å²) in [5.74, 6) is 0.0182. The van der Waals surface area contributed by atoms with Crippen molar-refractivity contribution in [2.75, 3.05) is 26.2 Å². The third-order valence-electron chi connectivity index (χ3n) is 8.97. The van der Waals surface area contributed by atoms with Gasteiger partial charge in [-0.05, 0) is 66.6 Å². The zero-order valence-corrected chi connectivity index (χ0v) is 27.1. The van der Waals surface area contributed by atoms with E-state index in [0.29, 0.717) is 19.5 Å². The van der Waals surface area contributed by atoms with Crippen LogP contribution in [0.2, 0.25) is 0 Å². The van der Waals surface area contributed by atoms with Gasteiger partial charge in [0.15, 0.2) is 6.29 Å². The van der Waals surface area contributed by atoms with E-state index in [1.54, 1.807) is 0 Å². The Balaban J connectivity index is 1.22. The molecule has 246 valence electrons. The maximum Gasteiger partial charge on any atom is 0.220 e. The lowest BCUT2D eigenvalue weighted by Crippen LogP contribution is -2.41. The van der Waals surface area contributed by atoms with Crippen molar-refractivity contribution in [2.45, 2.75) is 89.9 Å². The number of hydrogen-bond acceptors (Lipinski definition) is 6. The number of hydrogen-bond donors (Lipinski definition) is 3. The van der Waals surface area contributed by atoms with Crippen LogP contribution in [0, 0.1) is 0 Å². The first kappa shape index (κ1) is 33.8. The zero-order chi connectivity index (χ0) is 32.1. The van der Waals surface area contributed by atoms with E-state index in [-0.39, 0.29) is 30.6 Å². The fourth-order valence-electron chi connectivity index (χ4n) is 6.37. The molecule has 0 spiro atoms. The molecular formula is C38H49N3O5. The van der Waals surface area contributed by atoms with E-state index >= 15 is 0 Å². The fourth-order valence-corrected chi connectivity index (χ4v) is 6.37. The molecule has 3 N–H and O–H groups in total. The van der Waals surface area contributed by atoms with Gasteiger partial charge in [-0.25, -0.2) is 0 Å². The second-order valence-electron chi connectivity index (χ2n) is 12.6. The average molecular weight is 628 g/mol.